The van der Waals surface area contributed by atoms with Crippen LogP contribution in [-0.2, 0) is 14.3 Å². The molecule has 30 heavy (non-hydrogen) atoms. The molecule has 0 aliphatic rings. The predicted octanol–water partition coefficient (Wildman–Crippen LogP) is 7.99. The molecule has 0 spiro atoms. The first kappa shape index (κ1) is 28.7. The van der Waals surface area contributed by atoms with Gasteiger partial charge < -0.3 is 9.84 Å². The van der Waals surface area contributed by atoms with Crippen LogP contribution in [-0.4, -0.2) is 23.1 Å². The van der Waals surface area contributed by atoms with E-state index in [1.165, 1.54) is 57.8 Å². The van der Waals surface area contributed by atoms with Crippen molar-refractivity contribution in [2.45, 2.75) is 142 Å². The summed E-state index contributed by atoms with van der Waals surface area (Å²) in [5.74, 6) is -0.783. The van der Waals surface area contributed by atoms with Gasteiger partial charge >= 0.3 is 11.9 Å². The van der Waals surface area contributed by atoms with Crippen molar-refractivity contribution < 1.29 is 19.4 Å². The summed E-state index contributed by atoms with van der Waals surface area (Å²) in [4.78, 5) is 22.9. The molecule has 0 heterocycles. The molecule has 0 radical (unpaired) electrons. The Bertz CT molecular complexity index is 431. The number of rotatable bonds is 22. The molecule has 0 saturated carbocycles. The lowest BCUT2D eigenvalue weighted by molar-refractivity contribution is -0.150. The summed E-state index contributed by atoms with van der Waals surface area (Å²) >= 11 is 0. The van der Waals surface area contributed by atoms with Crippen LogP contribution < -0.4 is 0 Å². The minimum absolute atomic E-state index is 0.00842. The highest BCUT2D eigenvalue weighted by atomic mass is 16.5. The van der Waals surface area contributed by atoms with Gasteiger partial charge in [-0.2, -0.15) is 0 Å². The van der Waals surface area contributed by atoms with Gasteiger partial charge in [0, 0.05) is 12.8 Å². The molecule has 1 atom stereocenters. The third-order valence-electron chi connectivity index (χ3n) is 5.47. The second-order valence-corrected chi connectivity index (χ2v) is 8.52. The quantitative estimate of drug-likeness (QED) is 0.109. The molecule has 0 amide bonds. The monoisotopic (exact) mass is 424 g/mol. The molecule has 1 unspecified atom stereocenters. The molecular formula is C26H48O4. The van der Waals surface area contributed by atoms with Crippen molar-refractivity contribution in [3.8, 4) is 0 Å². The number of carbonyl (C=O) groups excluding carboxylic acids is 1. The van der Waals surface area contributed by atoms with Gasteiger partial charge in [-0.15, -0.1) is 0 Å². The number of carbonyl (C=O) groups is 2. The minimum Gasteiger partial charge on any atom is -0.481 e. The summed E-state index contributed by atoms with van der Waals surface area (Å²) in [6.07, 6.45) is 23.7. The van der Waals surface area contributed by atoms with Crippen molar-refractivity contribution >= 4 is 11.9 Å². The molecule has 0 aromatic heterocycles. The second kappa shape index (κ2) is 22.4. The fourth-order valence-electron chi connectivity index (χ4n) is 3.60. The molecule has 0 saturated heterocycles. The third kappa shape index (κ3) is 21.4. The van der Waals surface area contributed by atoms with E-state index in [4.69, 9.17) is 9.84 Å². The van der Waals surface area contributed by atoms with Gasteiger partial charge in [-0.1, -0.05) is 77.4 Å². The Kier molecular flexibility index (Phi) is 21.4. The third-order valence-corrected chi connectivity index (χ3v) is 5.47. The SMILES string of the molecule is CCC/C=C\CCCCCCCC(=O)OC(CCCCCC)CCCCCC(=O)O. The van der Waals surface area contributed by atoms with Crippen LogP contribution in [0.4, 0.5) is 0 Å². The van der Waals surface area contributed by atoms with E-state index >= 15 is 0 Å². The van der Waals surface area contributed by atoms with Gasteiger partial charge in [0.25, 0.3) is 0 Å². The summed E-state index contributed by atoms with van der Waals surface area (Å²) in [6.45, 7) is 4.40. The summed E-state index contributed by atoms with van der Waals surface area (Å²) in [7, 11) is 0. The highest BCUT2D eigenvalue weighted by molar-refractivity contribution is 5.69. The van der Waals surface area contributed by atoms with Crippen LogP contribution >= 0.6 is 0 Å². The lowest BCUT2D eigenvalue weighted by Gasteiger charge is -2.18. The zero-order valence-corrected chi connectivity index (χ0v) is 19.8. The Morgan fingerprint density at radius 2 is 1.27 bits per heavy atom. The van der Waals surface area contributed by atoms with E-state index < -0.39 is 5.97 Å². The number of carboxylic acid groups (broad SMARTS) is 1. The first-order chi connectivity index (χ1) is 14.6. The van der Waals surface area contributed by atoms with Gasteiger partial charge in [0.15, 0.2) is 0 Å². The first-order valence-electron chi connectivity index (χ1n) is 12.7. The van der Waals surface area contributed by atoms with E-state index in [9.17, 15) is 9.59 Å². The van der Waals surface area contributed by atoms with Crippen molar-refractivity contribution in [2.75, 3.05) is 0 Å². The number of carboxylic acids is 1. The molecular weight excluding hydrogens is 376 g/mol. The number of unbranched alkanes of at least 4 members (excludes halogenated alkanes) is 11. The molecule has 0 aromatic carbocycles. The standard InChI is InChI=1S/C26H48O4/c1-3-5-7-9-10-11-12-13-14-19-23-26(29)30-24(20-16-8-6-4-2)21-17-15-18-22-25(27)28/h7,9,24H,3-6,8,10-23H2,1-2H3,(H,27,28)/b9-7-. The molecule has 0 aliphatic heterocycles. The van der Waals surface area contributed by atoms with E-state index in [0.29, 0.717) is 12.8 Å². The second-order valence-electron chi connectivity index (χ2n) is 8.52. The maximum Gasteiger partial charge on any atom is 0.306 e. The molecule has 0 bridgehead atoms. The van der Waals surface area contributed by atoms with Crippen LogP contribution in [0.3, 0.4) is 0 Å². The Balaban J connectivity index is 3.92. The van der Waals surface area contributed by atoms with Crippen LogP contribution in [0.1, 0.15) is 136 Å². The van der Waals surface area contributed by atoms with Crippen LogP contribution in [0.15, 0.2) is 12.2 Å². The van der Waals surface area contributed by atoms with E-state index in [2.05, 4.69) is 26.0 Å². The Morgan fingerprint density at radius 3 is 1.93 bits per heavy atom. The maximum atomic E-state index is 12.2. The summed E-state index contributed by atoms with van der Waals surface area (Å²) < 4.78 is 5.78. The van der Waals surface area contributed by atoms with E-state index in [0.717, 1.165) is 44.9 Å². The molecule has 4 nitrogen and oxygen atoms in total. The lowest BCUT2D eigenvalue weighted by Crippen LogP contribution is -2.18. The molecule has 0 rings (SSSR count). The Morgan fingerprint density at radius 1 is 0.700 bits per heavy atom. The van der Waals surface area contributed by atoms with Gasteiger partial charge in [-0.25, -0.2) is 0 Å². The van der Waals surface area contributed by atoms with Crippen molar-refractivity contribution in [3.05, 3.63) is 12.2 Å². The topological polar surface area (TPSA) is 63.6 Å². The highest BCUT2D eigenvalue weighted by Crippen LogP contribution is 2.17. The summed E-state index contributed by atoms with van der Waals surface area (Å²) in [6, 6.07) is 0. The van der Waals surface area contributed by atoms with Gasteiger partial charge in [0.05, 0.1) is 0 Å². The lowest BCUT2D eigenvalue weighted by atomic mass is 10.0. The van der Waals surface area contributed by atoms with Crippen LogP contribution in [0.5, 0.6) is 0 Å². The molecule has 4 heteroatoms. The van der Waals surface area contributed by atoms with E-state index in [-0.39, 0.29) is 18.5 Å². The summed E-state index contributed by atoms with van der Waals surface area (Å²) in [5, 5.41) is 8.73. The van der Waals surface area contributed by atoms with Crippen molar-refractivity contribution in [2.24, 2.45) is 0 Å². The Hall–Kier alpha value is -1.32. The van der Waals surface area contributed by atoms with E-state index in [1.807, 2.05) is 0 Å². The Labute approximate surface area is 185 Å². The number of allylic oxidation sites excluding steroid dienone is 2. The normalized spacial score (nSPS) is 12.3. The minimum atomic E-state index is -0.731. The average molecular weight is 425 g/mol. The number of hydrogen-bond donors (Lipinski definition) is 1. The largest absolute Gasteiger partial charge is 0.481 e. The zero-order chi connectivity index (χ0) is 22.3. The van der Waals surface area contributed by atoms with Crippen molar-refractivity contribution in [1.29, 1.82) is 0 Å². The molecule has 1 N–H and O–H groups in total. The number of aliphatic carboxylic acids is 1. The zero-order valence-electron chi connectivity index (χ0n) is 19.8. The number of esters is 1. The van der Waals surface area contributed by atoms with Crippen LogP contribution in [0.25, 0.3) is 0 Å². The first-order valence-corrected chi connectivity index (χ1v) is 12.7. The molecule has 0 aromatic rings. The predicted molar refractivity (Wildman–Crippen MR) is 126 cm³/mol. The molecule has 176 valence electrons. The van der Waals surface area contributed by atoms with Gasteiger partial charge in [-0.05, 0) is 57.8 Å². The van der Waals surface area contributed by atoms with Gasteiger partial charge in [0.2, 0.25) is 0 Å². The number of hydrogen-bond acceptors (Lipinski definition) is 3. The molecule has 0 aliphatic carbocycles. The highest BCUT2D eigenvalue weighted by Gasteiger charge is 2.14. The van der Waals surface area contributed by atoms with Crippen LogP contribution in [0.2, 0.25) is 0 Å². The number of ether oxygens (including phenoxy) is 1. The maximum absolute atomic E-state index is 12.2. The van der Waals surface area contributed by atoms with Crippen molar-refractivity contribution in [3.63, 3.8) is 0 Å². The van der Waals surface area contributed by atoms with Gasteiger partial charge in [-0.3, -0.25) is 9.59 Å². The van der Waals surface area contributed by atoms with Crippen molar-refractivity contribution in [1.82, 2.24) is 0 Å². The fraction of sp³-hybridized carbons (Fsp3) is 0.846. The summed E-state index contributed by atoms with van der Waals surface area (Å²) in [5.41, 5.74) is 0. The average Bonchev–Trinajstić information content (AvgIpc) is 2.71. The van der Waals surface area contributed by atoms with E-state index in [1.54, 1.807) is 0 Å². The smallest absolute Gasteiger partial charge is 0.306 e. The fourth-order valence-corrected chi connectivity index (χ4v) is 3.60. The van der Waals surface area contributed by atoms with Crippen LogP contribution in [0, 0.1) is 0 Å². The van der Waals surface area contributed by atoms with Gasteiger partial charge in [0.1, 0.15) is 6.10 Å². The molecule has 0 fully saturated rings.